The molecule has 0 saturated carbocycles. The zero-order chi connectivity index (χ0) is 24.5. The smallest absolute Gasteiger partial charge is 0.290 e. The van der Waals surface area contributed by atoms with Gasteiger partial charge in [-0.3, -0.25) is 9.59 Å². The average Bonchev–Trinajstić information content (AvgIpc) is 3.53. The van der Waals surface area contributed by atoms with Crippen LogP contribution in [0.5, 0.6) is 11.6 Å². The predicted octanol–water partition coefficient (Wildman–Crippen LogP) is 2.65. The number of aromatic amines is 1. The third kappa shape index (κ3) is 3.85. The van der Waals surface area contributed by atoms with Crippen LogP contribution in [0.15, 0.2) is 36.0 Å². The van der Waals surface area contributed by atoms with Crippen molar-refractivity contribution in [3.8, 4) is 17.7 Å². The van der Waals surface area contributed by atoms with Gasteiger partial charge in [0.25, 0.3) is 5.91 Å². The first-order chi connectivity index (χ1) is 17.0. The normalized spacial score (nSPS) is 16.9. The Labute approximate surface area is 201 Å². The fourth-order valence-electron chi connectivity index (χ4n) is 4.76. The molecule has 1 amide bonds. The van der Waals surface area contributed by atoms with Gasteiger partial charge in [0.15, 0.2) is 0 Å². The van der Waals surface area contributed by atoms with Crippen molar-refractivity contribution in [1.82, 2.24) is 19.9 Å². The number of H-pyrrole nitrogens is 1. The summed E-state index contributed by atoms with van der Waals surface area (Å²) in [4.78, 5) is 39.9. The number of allylic oxidation sites excluding steroid dienone is 1. The summed E-state index contributed by atoms with van der Waals surface area (Å²) in [5.41, 5.74) is 4.24. The summed E-state index contributed by atoms with van der Waals surface area (Å²) in [7, 11) is 3.00. The van der Waals surface area contributed by atoms with E-state index in [0.717, 1.165) is 16.6 Å². The third-order valence-corrected chi connectivity index (χ3v) is 6.57. The zero-order valence-electron chi connectivity index (χ0n) is 19.4. The molecule has 0 spiro atoms. The van der Waals surface area contributed by atoms with E-state index in [1.165, 1.54) is 20.4 Å². The van der Waals surface area contributed by atoms with Crippen LogP contribution in [0.4, 0.5) is 5.69 Å². The monoisotopic (exact) mass is 472 g/mol. The van der Waals surface area contributed by atoms with Gasteiger partial charge in [0, 0.05) is 25.2 Å². The fraction of sp³-hybridized carbons (Fsp3) is 0.320. The molecule has 35 heavy (non-hydrogen) atoms. The van der Waals surface area contributed by atoms with Gasteiger partial charge >= 0.3 is 0 Å². The van der Waals surface area contributed by atoms with Gasteiger partial charge in [0.2, 0.25) is 11.7 Å². The maximum absolute atomic E-state index is 13.2. The predicted molar refractivity (Wildman–Crippen MR) is 128 cm³/mol. The number of aromatic nitrogens is 3. The molecule has 2 aliphatic heterocycles. The van der Waals surface area contributed by atoms with Crippen molar-refractivity contribution in [3.05, 3.63) is 47.4 Å². The van der Waals surface area contributed by atoms with Gasteiger partial charge < -0.3 is 24.7 Å². The van der Waals surface area contributed by atoms with Crippen molar-refractivity contribution in [2.75, 3.05) is 39.2 Å². The number of piperidine rings is 1. The highest BCUT2D eigenvalue weighted by atomic mass is 16.5. The van der Waals surface area contributed by atoms with E-state index >= 15 is 0 Å². The third-order valence-electron chi connectivity index (χ3n) is 6.57. The van der Waals surface area contributed by atoms with E-state index in [1.807, 2.05) is 24.3 Å². The van der Waals surface area contributed by atoms with Crippen molar-refractivity contribution < 1.29 is 19.1 Å². The topological polar surface area (TPSA) is 133 Å². The molecular formula is C25H24N6O4. The lowest BCUT2D eigenvalue weighted by Crippen LogP contribution is -2.42. The Balaban J connectivity index is 1.33. The molecule has 2 N–H and O–H groups in total. The second-order valence-electron chi connectivity index (χ2n) is 8.41. The van der Waals surface area contributed by atoms with Crippen LogP contribution in [0, 0.1) is 11.3 Å². The van der Waals surface area contributed by atoms with Crippen LogP contribution >= 0.6 is 0 Å². The van der Waals surface area contributed by atoms with Gasteiger partial charge in [-0.05, 0) is 30.5 Å². The second-order valence-corrected chi connectivity index (χ2v) is 8.41. The summed E-state index contributed by atoms with van der Waals surface area (Å²) < 4.78 is 10.7. The van der Waals surface area contributed by atoms with Gasteiger partial charge in [0.05, 0.1) is 42.9 Å². The van der Waals surface area contributed by atoms with E-state index in [4.69, 9.17) is 9.47 Å². The average molecular weight is 473 g/mol. The first-order valence-corrected chi connectivity index (χ1v) is 11.3. The molecule has 3 aromatic rings. The van der Waals surface area contributed by atoms with Gasteiger partial charge in [-0.2, -0.15) is 5.26 Å². The van der Waals surface area contributed by atoms with E-state index in [0.29, 0.717) is 60.2 Å². The van der Waals surface area contributed by atoms with Crippen LogP contribution in [0.2, 0.25) is 0 Å². The van der Waals surface area contributed by atoms with Crippen LogP contribution in [0.3, 0.4) is 0 Å². The maximum atomic E-state index is 13.2. The number of amides is 1. The summed E-state index contributed by atoms with van der Waals surface area (Å²) in [6.45, 7) is 0.978. The summed E-state index contributed by atoms with van der Waals surface area (Å²) >= 11 is 0. The Hall–Kier alpha value is -4.39. The van der Waals surface area contributed by atoms with Crippen molar-refractivity contribution in [2.45, 2.75) is 18.8 Å². The Morgan fingerprint density at radius 2 is 1.94 bits per heavy atom. The van der Waals surface area contributed by atoms with Crippen molar-refractivity contribution >= 4 is 34.0 Å². The second kappa shape index (κ2) is 9.10. The number of nitriles is 1. The minimum atomic E-state index is -0.688. The summed E-state index contributed by atoms with van der Waals surface area (Å²) in [6.07, 6.45) is 2.49. The highest BCUT2D eigenvalue weighted by molar-refractivity contribution is 6.38. The van der Waals surface area contributed by atoms with E-state index in [2.05, 4.69) is 26.3 Å². The molecule has 1 unspecified atom stereocenters. The minimum Gasteiger partial charge on any atom is -0.495 e. The molecular weight excluding hydrogens is 448 g/mol. The van der Waals surface area contributed by atoms with Gasteiger partial charge in [0.1, 0.15) is 23.3 Å². The largest absolute Gasteiger partial charge is 0.495 e. The quantitative estimate of drug-likeness (QED) is 0.428. The van der Waals surface area contributed by atoms with E-state index in [9.17, 15) is 14.9 Å². The first-order valence-electron chi connectivity index (χ1n) is 11.3. The number of likely N-dealkylation sites (tertiary alicyclic amines) is 1. The number of nitrogens with zero attached hydrogens (tertiary/aromatic N) is 4. The number of methoxy groups -OCH3 is 2. The molecule has 10 nitrogen and oxygen atoms in total. The fourth-order valence-corrected chi connectivity index (χ4v) is 4.76. The van der Waals surface area contributed by atoms with Crippen LogP contribution < -0.4 is 14.8 Å². The van der Waals surface area contributed by atoms with Crippen LogP contribution in [0.25, 0.3) is 16.6 Å². The number of carbonyl (C=O) groups is 2. The van der Waals surface area contributed by atoms with Crippen LogP contribution in [-0.4, -0.2) is 65.4 Å². The number of hydrogen-bond donors (Lipinski definition) is 2. The standard InChI is InChI=1S/C25H24N6O4/c1-34-19-13-28-24(35-2)21-20(19)16(12-27-21)22(32)25(33)31-9-7-14(8-10-31)15(11-26)23-29-17-5-3-4-6-18(17)30-23/h3-6,13,16,27H,7-10,12H2,1-2H3,(H,29,30). The first kappa shape index (κ1) is 22.4. The Morgan fingerprint density at radius 1 is 1.17 bits per heavy atom. The van der Waals surface area contributed by atoms with E-state index in [1.54, 1.807) is 4.90 Å². The molecule has 1 fully saturated rings. The Bertz CT molecular complexity index is 1360. The number of Topliss-reactive ketones (excluding diaryl/α,β-unsaturated/α-hetero) is 1. The number of pyridine rings is 1. The molecule has 2 aliphatic rings. The number of para-hydroxylation sites is 2. The van der Waals surface area contributed by atoms with Crippen molar-refractivity contribution in [1.29, 1.82) is 5.26 Å². The Morgan fingerprint density at radius 3 is 2.63 bits per heavy atom. The lowest BCUT2D eigenvalue weighted by atomic mass is 9.94. The molecule has 4 heterocycles. The molecule has 0 aliphatic carbocycles. The molecule has 1 atom stereocenters. The molecule has 5 rings (SSSR count). The molecule has 10 heteroatoms. The van der Waals surface area contributed by atoms with Crippen molar-refractivity contribution in [2.24, 2.45) is 0 Å². The van der Waals surface area contributed by atoms with E-state index in [-0.39, 0.29) is 6.54 Å². The number of anilines is 1. The SMILES string of the molecule is COc1cnc(OC)c2c1C(C(=O)C(=O)N1CCC(=C(C#N)c3nc4ccccc4[nH]3)CC1)CN2. The number of benzene rings is 1. The summed E-state index contributed by atoms with van der Waals surface area (Å²) in [5, 5.41) is 12.9. The Kier molecular flexibility index (Phi) is 5.82. The van der Waals surface area contributed by atoms with Crippen LogP contribution in [-0.2, 0) is 9.59 Å². The number of ketones is 1. The lowest BCUT2D eigenvalue weighted by Gasteiger charge is -2.29. The van der Waals surface area contributed by atoms with Gasteiger partial charge in [-0.15, -0.1) is 0 Å². The molecule has 1 saturated heterocycles. The highest BCUT2D eigenvalue weighted by Crippen LogP contribution is 2.43. The van der Waals surface area contributed by atoms with Gasteiger partial charge in [-0.25, -0.2) is 9.97 Å². The minimum absolute atomic E-state index is 0.266. The number of hydrogen-bond acceptors (Lipinski definition) is 8. The number of rotatable bonds is 5. The number of imidazole rings is 1. The van der Waals surface area contributed by atoms with Crippen LogP contribution in [0.1, 0.15) is 30.1 Å². The maximum Gasteiger partial charge on any atom is 0.290 e. The summed E-state index contributed by atoms with van der Waals surface area (Å²) in [6, 6.07) is 9.87. The zero-order valence-corrected chi connectivity index (χ0v) is 19.4. The number of nitrogens with one attached hydrogen (secondary N) is 2. The number of carbonyl (C=O) groups excluding carboxylic acids is 2. The molecule has 178 valence electrons. The molecule has 0 bridgehead atoms. The summed E-state index contributed by atoms with van der Waals surface area (Å²) in [5.74, 6) is -0.414. The number of fused-ring (bicyclic) bond motifs is 2. The van der Waals surface area contributed by atoms with Gasteiger partial charge in [-0.1, -0.05) is 12.1 Å². The van der Waals surface area contributed by atoms with E-state index < -0.39 is 17.6 Å². The lowest BCUT2D eigenvalue weighted by molar-refractivity contribution is -0.145. The molecule has 2 aromatic heterocycles. The molecule has 1 aromatic carbocycles. The number of ether oxygens (including phenoxy) is 2. The molecule has 0 radical (unpaired) electrons. The van der Waals surface area contributed by atoms with Crippen molar-refractivity contribution in [3.63, 3.8) is 0 Å². The highest BCUT2D eigenvalue weighted by Gasteiger charge is 2.39.